The van der Waals surface area contributed by atoms with Crippen molar-refractivity contribution in [1.29, 1.82) is 0 Å². The van der Waals surface area contributed by atoms with Crippen LogP contribution in [0.25, 0.3) is 0 Å². The predicted octanol–water partition coefficient (Wildman–Crippen LogP) is 10.4. The monoisotopic (exact) mass is 826 g/mol. The number of aliphatic hydroxyl groups excluding tert-OH is 2. The molecule has 0 aromatic carbocycles. The quantitative estimate of drug-likeness (QED) is 0.0200. The molecule has 4 atom stereocenters. The Bertz CT molecular complexity index is 1150. The van der Waals surface area contributed by atoms with Gasteiger partial charge in [0.2, 0.25) is 0 Å². The summed E-state index contributed by atoms with van der Waals surface area (Å²) in [7, 11) is -4.43. The number of unbranched alkanes of at least 4 members (excludes halogenated alkanes) is 13. The minimum atomic E-state index is -4.43. The number of carbonyl (C=O) groups is 2. The Morgan fingerprint density at radius 1 is 0.596 bits per heavy atom. The summed E-state index contributed by atoms with van der Waals surface area (Å²) in [4.78, 5) is 34.9. The van der Waals surface area contributed by atoms with Crippen LogP contribution >= 0.6 is 7.82 Å². The van der Waals surface area contributed by atoms with E-state index in [2.05, 4.69) is 68.5 Å². The first kappa shape index (κ1) is 54.6. The highest BCUT2D eigenvalue weighted by molar-refractivity contribution is 7.47. The number of aliphatic hydroxyl groups is 2. The molecular formula is C45H80NO10P. The van der Waals surface area contributed by atoms with E-state index in [9.17, 15) is 29.3 Å². The van der Waals surface area contributed by atoms with Gasteiger partial charge in [-0.25, -0.2) is 4.57 Å². The molecular weight excluding hydrogens is 745 g/mol. The van der Waals surface area contributed by atoms with Crippen LogP contribution in [0.4, 0.5) is 0 Å². The van der Waals surface area contributed by atoms with Gasteiger partial charge in [-0.05, 0) is 83.5 Å². The van der Waals surface area contributed by atoms with E-state index in [-0.39, 0.29) is 32.6 Å². The fraction of sp³-hybridized carbons (Fsp3) is 0.733. The minimum absolute atomic E-state index is 0.0207. The number of ether oxygens (including phenoxy) is 2. The summed E-state index contributed by atoms with van der Waals surface area (Å²) in [5.41, 5.74) is 5.33. The third kappa shape index (κ3) is 38.9. The number of phosphoric ester groups is 1. The Hall–Kier alpha value is -2.37. The zero-order valence-electron chi connectivity index (χ0n) is 35.5. The molecule has 0 saturated carbocycles. The number of hydrogen-bond donors (Lipinski definition) is 4. The van der Waals surface area contributed by atoms with Crippen molar-refractivity contribution in [3.8, 4) is 0 Å². The van der Waals surface area contributed by atoms with E-state index in [0.717, 1.165) is 77.0 Å². The molecule has 0 radical (unpaired) electrons. The second-order valence-corrected chi connectivity index (χ2v) is 16.0. The molecule has 330 valence electrons. The van der Waals surface area contributed by atoms with Crippen molar-refractivity contribution in [2.45, 2.75) is 186 Å². The zero-order valence-corrected chi connectivity index (χ0v) is 36.4. The van der Waals surface area contributed by atoms with Crippen LogP contribution in [0.1, 0.15) is 168 Å². The highest BCUT2D eigenvalue weighted by Crippen LogP contribution is 2.43. The number of hydrogen-bond acceptors (Lipinski definition) is 10. The summed E-state index contributed by atoms with van der Waals surface area (Å²) in [5, 5.41) is 20.4. The van der Waals surface area contributed by atoms with Gasteiger partial charge >= 0.3 is 19.8 Å². The summed E-state index contributed by atoms with van der Waals surface area (Å²) in [6.45, 7) is 3.41. The third-order valence-electron chi connectivity index (χ3n) is 9.08. The number of phosphoric acid groups is 1. The van der Waals surface area contributed by atoms with Crippen molar-refractivity contribution in [1.82, 2.24) is 0 Å². The molecule has 12 heteroatoms. The SMILES string of the molecule is CCCCC/C=C\C/C=C\C/C=C\C/C=C\CCCCCC(=O)OC[C@H](COP(=O)(O)OCCN)OC(=O)CCCCCCC[C@H](O)[C@@H](O)C/C=C\CCCCC. The molecule has 5 N–H and O–H groups in total. The molecule has 1 unspecified atom stereocenters. The fourth-order valence-corrected chi connectivity index (χ4v) is 6.40. The normalized spacial score (nSPS) is 15.0. The van der Waals surface area contributed by atoms with Crippen LogP contribution in [0.15, 0.2) is 60.8 Å². The van der Waals surface area contributed by atoms with Crippen molar-refractivity contribution >= 4 is 19.8 Å². The fourth-order valence-electron chi connectivity index (χ4n) is 5.64. The highest BCUT2D eigenvalue weighted by Gasteiger charge is 2.26. The van der Waals surface area contributed by atoms with Crippen LogP contribution < -0.4 is 5.73 Å². The summed E-state index contributed by atoms with van der Waals surface area (Å²) in [6.07, 6.45) is 39.8. The van der Waals surface area contributed by atoms with Crippen LogP contribution in [-0.4, -0.2) is 71.7 Å². The van der Waals surface area contributed by atoms with Crippen LogP contribution in [-0.2, 0) is 32.7 Å². The zero-order chi connectivity index (χ0) is 42.1. The molecule has 0 aromatic heterocycles. The summed E-state index contributed by atoms with van der Waals surface area (Å²) in [6, 6.07) is 0. The van der Waals surface area contributed by atoms with Gasteiger partial charge in [0.15, 0.2) is 6.10 Å². The first-order valence-electron chi connectivity index (χ1n) is 21.9. The summed E-state index contributed by atoms with van der Waals surface area (Å²) < 4.78 is 32.7. The van der Waals surface area contributed by atoms with Crippen LogP contribution in [0.5, 0.6) is 0 Å². The lowest BCUT2D eigenvalue weighted by atomic mass is 10.0. The van der Waals surface area contributed by atoms with E-state index in [1.54, 1.807) is 0 Å². The number of carbonyl (C=O) groups excluding carboxylic acids is 2. The van der Waals surface area contributed by atoms with E-state index >= 15 is 0 Å². The Balaban J connectivity index is 4.34. The van der Waals surface area contributed by atoms with Crippen molar-refractivity contribution in [2.24, 2.45) is 5.73 Å². The average molecular weight is 826 g/mol. The molecule has 57 heavy (non-hydrogen) atoms. The average Bonchev–Trinajstić information content (AvgIpc) is 3.19. The Morgan fingerprint density at radius 2 is 1.09 bits per heavy atom. The second-order valence-electron chi connectivity index (χ2n) is 14.5. The number of esters is 2. The molecule has 0 aliphatic heterocycles. The molecule has 0 rings (SSSR count). The highest BCUT2D eigenvalue weighted by atomic mass is 31.2. The lowest BCUT2D eigenvalue weighted by Gasteiger charge is -2.20. The maximum absolute atomic E-state index is 12.6. The maximum Gasteiger partial charge on any atom is 0.472 e. The lowest BCUT2D eigenvalue weighted by Crippen LogP contribution is -2.29. The molecule has 0 bridgehead atoms. The topological polar surface area (TPSA) is 175 Å². The van der Waals surface area contributed by atoms with E-state index < -0.39 is 44.7 Å². The van der Waals surface area contributed by atoms with Gasteiger partial charge in [0.25, 0.3) is 0 Å². The van der Waals surface area contributed by atoms with Crippen molar-refractivity contribution in [2.75, 3.05) is 26.4 Å². The number of nitrogens with two attached hydrogens (primary N) is 1. The molecule has 0 aliphatic rings. The molecule has 0 aromatic rings. The Kier molecular flexibility index (Phi) is 38.7. The Morgan fingerprint density at radius 3 is 1.67 bits per heavy atom. The summed E-state index contributed by atoms with van der Waals surface area (Å²) in [5.74, 6) is -0.981. The molecule has 0 saturated heterocycles. The van der Waals surface area contributed by atoms with Crippen molar-refractivity contribution in [3.63, 3.8) is 0 Å². The van der Waals surface area contributed by atoms with Crippen LogP contribution in [0, 0.1) is 0 Å². The van der Waals surface area contributed by atoms with E-state index in [0.29, 0.717) is 25.7 Å². The standard InChI is InChI=1S/C45H80NO10P/c1-3-5-7-9-11-12-13-14-15-16-17-18-19-20-21-22-23-27-31-35-44(49)53-39-41(40-55-57(51,52)54-38-37-46)56-45(50)36-32-28-24-26-30-34-43(48)42(47)33-29-25-10-8-6-4-2/h11-12,14-15,17-18,20-21,25,29,41-43,47-48H,3-10,13,16,19,22-24,26-28,30-40,46H2,1-2H3,(H,51,52)/b12-11-,15-14-,18-17-,21-20-,29-25-/t41-,42+,43+/m1/s1. The van der Waals surface area contributed by atoms with Gasteiger partial charge in [-0.1, -0.05) is 132 Å². The van der Waals surface area contributed by atoms with Gasteiger partial charge in [0.05, 0.1) is 25.4 Å². The van der Waals surface area contributed by atoms with Gasteiger partial charge in [0.1, 0.15) is 6.61 Å². The van der Waals surface area contributed by atoms with Gasteiger partial charge in [-0.2, -0.15) is 0 Å². The van der Waals surface area contributed by atoms with Crippen molar-refractivity contribution in [3.05, 3.63) is 60.8 Å². The van der Waals surface area contributed by atoms with Gasteiger partial charge in [-0.3, -0.25) is 18.6 Å². The van der Waals surface area contributed by atoms with E-state index in [1.165, 1.54) is 38.5 Å². The summed E-state index contributed by atoms with van der Waals surface area (Å²) >= 11 is 0. The molecule has 0 fully saturated rings. The molecule has 0 aliphatic carbocycles. The van der Waals surface area contributed by atoms with Crippen LogP contribution in [0.2, 0.25) is 0 Å². The first-order valence-corrected chi connectivity index (χ1v) is 23.4. The largest absolute Gasteiger partial charge is 0.472 e. The van der Waals surface area contributed by atoms with Gasteiger partial charge in [-0.15, -0.1) is 0 Å². The van der Waals surface area contributed by atoms with Crippen molar-refractivity contribution < 1.29 is 47.8 Å². The van der Waals surface area contributed by atoms with E-state index in [1.807, 2.05) is 6.08 Å². The second kappa shape index (κ2) is 40.4. The number of rotatable bonds is 40. The molecule has 0 heterocycles. The maximum atomic E-state index is 12.6. The van der Waals surface area contributed by atoms with Gasteiger partial charge < -0.3 is 30.3 Å². The van der Waals surface area contributed by atoms with E-state index in [4.69, 9.17) is 24.3 Å². The predicted molar refractivity (Wildman–Crippen MR) is 231 cm³/mol. The first-order chi connectivity index (χ1) is 27.6. The molecule has 0 amide bonds. The smallest absolute Gasteiger partial charge is 0.462 e. The number of allylic oxidation sites excluding steroid dienone is 9. The van der Waals surface area contributed by atoms with Crippen LogP contribution in [0.3, 0.4) is 0 Å². The minimum Gasteiger partial charge on any atom is -0.462 e. The lowest BCUT2D eigenvalue weighted by molar-refractivity contribution is -0.161. The Labute approximate surface area is 345 Å². The molecule has 0 spiro atoms. The third-order valence-corrected chi connectivity index (χ3v) is 10.1. The molecule has 11 nitrogen and oxygen atoms in total. The van der Waals surface area contributed by atoms with Gasteiger partial charge in [0, 0.05) is 19.4 Å².